The Kier molecular flexibility index (Phi) is 5.54. The van der Waals surface area contributed by atoms with Crippen LogP contribution in [0.4, 0.5) is 4.39 Å². The van der Waals surface area contributed by atoms with Crippen LogP contribution in [0.5, 0.6) is 0 Å². The number of rotatable bonds is 5. The Morgan fingerprint density at radius 3 is 2.48 bits per heavy atom. The summed E-state index contributed by atoms with van der Waals surface area (Å²) >= 11 is 3.54. The molecule has 112 valence electrons. The van der Waals surface area contributed by atoms with Gasteiger partial charge in [0.05, 0.1) is 6.04 Å². The van der Waals surface area contributed by atoms with Crippen LogP contribution in [-0.2, 0) is 0 Å². The molecular formula is C18H21BrFN. The first-order chi connectivity index (χ1) is 10.0. The number of nitrogens with one attached hydrogen (secondary N) is 1. The van der Waals surface area contributed by atoms with Gasteiger partial charge in [0.2, 0.25) is 0 Å². The van der Waals surface area contributed by atoms with E-state index in [1.807, 2.05) is 13.0 Å². The molecule has 3 heteroatoms. The van der Waals surface area contributed by atoms with E-state index in [0.29, 0.717) is 0 Å². The van der Waals surface area contributed by atoms with Crippen LogP contribution in [0, 0.1) is 19.7 Å². The van der Waals surface area contributed by atoms with E-state index in [4.69, 9.17) is 0 Å². The van der Waals surface area contributed by atoms with Gasteiger partial charge in [-0.2, -0.15) is 0 Å². The highest BCUT2D eigenvalue weighted by Crippen LogP contribution is 2.28. The van der Waals surface area contributed by atoms with Crippen LogP contribution >= 0.6 is 15.9 Å². The molecule has 0 aliphatic heterocycles. The Balaban J connectivity index is 2.44. The fourth-order valence-corrected chi connectivity index (χ4v) is 2.75. The Hall–Kier alpha value is -1.19. The average Bonchev–Trinajstić information content (AvgIpc) is 2.44. The van der Waals surface area contributed by atoms with Crippen molar-refractivity contribution in [1.29, 1.82) is 0 Å². The molecule has 2 rings (SSSR count). The van der Waals surface area contributed by atoms with Crippen LogP contribution in [0.1, 0.15) is 41.6 Å². The predicted octanol–water partition coefficient (Wildman–Crippen LogP) is 5.29. The van der Waals surface area contributed by atoms with Crippen LogP contribution < -0.4 is 5.32 Å². The van der Waals surface area contributed by atoms with Crippen molar-refractivity contribution in [2.24, 2.45) is 0 Å². The van der Waals surface area contributed by atoms with Crippen molar-refractivity contribution in [2.45, 2.75) is 33.2 Å². The molecule has 1 N–H and O–H groups in total. The maximum Gasteiger partial charge on any atom is 0.123 e. The smallest absolute Gasteiger partial charge is 0.123 e. The lowest BCUT2D eigenvalue weighted by molar-refractivity contribution is 0.589. The minimum absolute atomic E-state index is 0.0948. The fraction of sp³-hybridized carbons (Fsp3) is 0.333. The summed E-state index contributed by atoms with van der Waals surface area (Å²) in [5.41, 5.74) is 4.52. The van der Waals surface area contributed by atoms with Crippen LogP contribution in [0.25, 0.3) is 0 Å². The summed E-state index contributed by atoms with van der Waals surface area (Å²) in [6, 6.07) is 11.5. The number of hydrogen-bond donors (Lipinski definition) is 1. The monoisotopic (exact) mass is 349 g/mol. The molecule has 0 saturated carbocycles. The van der Waals surface area contributed by atoms with Crippen molar-refractivity contribution in [2.75, 3.05) is 6.54 Å². The van der Waals surface area contributed by atoms with E-state index in [-0.39, 0.29) is 11.9 Å². The molecule has 0 aromatic heterocycles. The molecule has 0 heterocycles. The third-order valence-electron chi connectivity index (χ3n) is 3.66. The topological polar surface area (TPSA) is 12.0 Å². The van der Waals surface area contributed by atoms with Gasteiger partial charge in [-0.25, -0.2) is 4.39 Å². The quantitative estimate of drug-likeness (QED) is 0.772. The standard InChI is InChI=1S/C18H21BrFN/c1-4-9-21-18(14-5-8-17(19)13(3)10-14)16-7-6-15(20)11-12(16)2/h5-8,10-11,18,21H,4,9H2,1-3H3. The zero-order valence-corrected chi connectivity index (χ0v) is 14.3. The van der Waals surface area contributed by atoms with E-state index in [0.717, 1.165) is 28.6 Å². The first-order valence-corrected chi connectivity index (χ1v) is 8.07. The lowest BCUT2D eigenvalue weighted by Gasteiger charge is -2.22. The normalized spacial score (nSPS) is 12.4. The zero-order chi connectivity index (χ0) is 15.4. The molecule has 0 fully saturated rings. The van der Waals surface area contributed by atoms with Crippen molar-refractivity contribution in [3.63, 3.8) is 0 Å². The van der Waals surface area contributed by atoms with Crippen LogP contribution in [0.2, 0.25) is 0 Å². The highest BCUT2D eigenvalue weighted by molar-refractivity contribution is 9.10. The van der Waals surface area contributed by atoms with Crippen LogP contribution in [0.15, 0.2) is 40.9 Å². The Labute approximate surface area is 134 Å². The highest BCUT2D eigenvalue weighted by Gasteiger charge is 2.16. The minimum atomic E-state index is -0.183. The van der Waals surface area contributed by atoms with Crippen molar-refractivity contribution in [1.82, 2.24) is 5.32 Å². The fourth-order valence-electron chi connectivity index (χ4n) is 2.51. The van der Waals surface area contributed by atoms with E-state index >= 15 is 0 Å². The molecule has 1 unspecified atom stereocenters. The minimum Gasteiger partial charge on any atom is -0.306 e. The summed E-state index contributed by atoms with van der Waals surface area (Å²) in [4.78, 5) is 0. The molecule has 0 aliphatic carbocycles. The van der Waals surface area contributed by atoms with E-state index in [9.17, 15) is 4.39 Å². The van der Waals surface area contributed by atoms with Crippen molar-refractivity contribution < 1.29 is 4.39 Å². The Morgan fingerprint density at radius 1 is 1.10 bits per heavy atom. The molecule has 0 radical (unpaired) electrons. The second kappa shape index (κ2) is 7.19. The molecule has 2 aromatic carbocycles. The van der Waals surface area contributed by atoms with Gasteiger partial charge >= 0.3 is 0 Å². The average molecular weight is 350 g/mol. The lowest BCUT2D eigenvalue weighted by atomic mass is 9.94. The molecule has 1 nitrogen and oxygen atoms in total. The molecular weight excluding hydrogens is 329 g/mol. The van der Waals surface area contributed by atoms with Gasteiger partial charge in [-0.1, -0.05) is 41.1 Å². The van der Waals surface area contributed by atoms with Gasteiger partial charge in [-0.15, -0.1) is 0 Å². The lowest BCUT2D eigenvalue weighted by Crippen LogP contribution is -2.24. The molecule has 1 atom stereocenters. The van der Waals surface area contributed by atoms with Gasteiger partial charge in [-0.3, -0.25) is 0 Å². The third kappa shape index (κ3) is 3.92. The van der Waals surface area contributed by atoms with Crippen molar-refractivity contribution in [3.8, 4) is 0 Å². The number of aryl methyl sites for hydroxylation is 2. The first-order valence-electron chi connectivity index (χ1n) is 7.28. The van der Waals surface area contributed by atoms with Gasteiger partial charge in [0.25, 0.3) is 0 Å². The van der Waals surface area contributed by atoms with E-state index in [1.54, 1.807) is 6.07 Å². The van der Waals surface area contributed by atoms with Gasteiger partial charge < -0.3 is 5.32 Å². The zero-order valence-electron chi connectivity index (χ0n) is 12.7. The van der Waals surface area contributed by atoms with Gasteiger partial charge in [0.1, 0.15) is 5.82 Å². The summed E-state index contributed by atoms with van der Waals surface area (Å²) in [5.74, 6) is -0.183. The molecule has 21 heavy (non-hydrogen) atoms. The largest absolute Gasteiger partial charge is 0.306 e. The molecule has 2 aromatic rings. The van der Waals surface area contributed by atoms with Crippen molar-refractivity contribution in [3.05, 3.63) is 68.9 Å². The van der Waals surface area contributed by atoms with Crippen molar-refractivity contribution >= 4 is 15.9 Å². The second-order valence-corrected chi connectivity index (χ2v) is 6.25. The Bertz CT molecular complexity index is 625. The van der Waals surface area contributed by atoms with Crippen LogP contribution in [0.3, 0.4) is 0 Å². The maximum absolute atomic E-state index is 13.4. The van der Waals surface area contributed by atoms with E-state index < -0.39 is 0 Å². The molecule has 0 spiro atoms. The highest BCUT2D eigenvalue weighted by atomic mass is 79.9. The third-order valence-corrected chi connectivity index (χ3v) is 4.55. The van der Waals surface area contributed by atoms with E-state index in [2.05, 4.69) is 53.3 Å². The predicted molar refractivity (Wildman–Crippen MR) is 90.2 cm³/mol. The summed E-state index contributed by atoms with van der Waals surface area (Å²) in [6.45, 7) is 7.12. The maximum atomic E-state index is 13.4. The summed E-state index contributed by atoms with van der Waals surface area (Å²) in [6.07, 6.45) is 1.06. The SMILES string of the molecule is CCCNC(c1ccc(Br)c(C)c1)c1ccc(F)cc1C. The van der Waals surface area contributed by atoms with E-state index in [1.165, 1.54) is 17.2 Å². The number of benzene rings is 2. The van der Waals surface area contributed by atoms with Gasteiger partial charge in [0.15, 0.2) is 0 Å². The Morgan fingerprint density at radius 2 is 1.86 bits per heavy atom. The molecule has 0 bridgehead atoms. The van der Waals surface area contributed by atoms with Crippen LogP contribution in [-0.4, -0.2) is 6.54 Å². The summed E-state index contributed by atoms with van der Waals surface area (Å²) < 4.78 is 14.5. The summed E-state index contributed by atoms with van der Waals surface area (Å²) in [7, 11) is 0. The van der Waals surface area contributed by atoms with Gasteiger partial charge in [0, 0.05) is 4.47 Å². The number of hydrogen-bond acceptors (Lipinski definition) is 1. The molecule has 0 saturated heterocycles. The summed E-state index contributed by atoms with van der Waals surface area (Å²) in [5, 5.41) is 3.57. The number of halogens is 2. The second-order valence-electron chi connectivity index (χ2n) is 5.40. The van der Waals surface area contributed by atoms with Gasteiger partial charge in [-0.05, 0) is 67.3 Å². The molecule has 0 amide bonds. The first kappa shape index (κ1) is 16.2. The molecule has 0 aliphatic rings.